The topological polar surface area (TPSA) is 46.2 Å². The van der Waals surface area contributed by atoms with Gasteiger partial charge in [0.2, 0.25) is 0 Å². The van der Waals surface area contributed by atoms with Crippen LogP contribution in [0.1, 0.15) is 78.6 Å². The van der Waals surface area contributed by atoms with Crippen molar-refractivity contribution in [3.8, 4) is 0 Å². The highest BCUT2D eigenvalue weighted by molar-refractivity contribution is 4.90. The van der Waals surface area contributed by atoms with E-state index in [1.165, 1.54) is 25.7 Å². The molecule has 3 N–H and O–H groups in total. The molecule has 0 saturated carbocycles. The lowest BCUT2D eigenvalue weighted by atomic mass is 9.81. The molecule has 0 aliphatic carbocycles. The summed E-state index contributed by atoms with van der Waals surface area (Å²) in [6.45, 7) is 6.42. The van der Waals surface area contributed by atoms with Gasteiger partial charge in [-0.15, -0.1) is 0 Å². The molecule has 0 bridgehead atoms. The molecule has 0 saturated heterocycles. The second kappa shape index (κ2) is 9.00. The van der Waals surface area contributed by atoms with Gasteiger partial charge in [0.1, 0.15) is 0 Å². The molecule has 1 unspecified atom stereocenters. The van der Waals surface area contributed by atoms with Crippen molar-refractivity contribution >= 4 is 0 Å². The van der Waals surface area contributed by atoms with Gasteiger partial charge in [-0.05, 0) is 19.3 Å². The molecule has 0 aliphatic rings. The van der Waals surface area contributed by atoms with E-state index in [0.29, 0.717) is 0 Å². The van der Waals surface area contributed by atoms with E-state index >= 15 is 0 Å². The van der Waals surface area contributed by atoms with E-state index in [9.17, 15) is 5.11 Å². The first kappa shape index (κ1) is 15.9. The Kier molecular flexibility index (Phi) is 8.96. The van der Waals surface area contributed by atoms with Crippen molar-refractivity contribution in [2.75, 3.05) is 0 Å². The molecule has 0 aliphatic heterocycles. The molecule has 0 amide bonds. The van der Waals surface area contributed by atoms with Gasteiger partial charge >= 0.3 is 0 Å². The van der Waals surface area contributed by atoms with Gasteiger partial charge in [-0.2, -0.15) is 0 Å². The van der Waals surface area contributed by atoms with Crippen LogP contribution in [0.15, 0.2) is 0 Å². The maximum Gasteiger partial charge on any atom is 0.0717 e. The van der Waals surface area contributed by atoms with E-state index in [-0.39, 0.29) is 11.6 Å². The Bertz CT molecular complexity index is 149. The second-order valence-corrected chi connectivity index (χ2v) is 5.07. The number of aliphatic hydroxyl groups is 1. The number of hydrogen-bond acceptors (Lipinski definition) is 2. The molecule has 0 aromatic heterocycles. The molecule has 0 heterocycles. The Morgan fingerprint density at radius 1 is 0.938 bits per heavy atom. The standard InChI is InChI=1S/C14H31NO/c1-4-7-9-11-14(15,13(16)6-3)12-10-8-5-2/h13,16H,4-12,15H2,1-3H3. The van der Waals surface area contributed by atoms with Gasteiger partial charge in [0.15, 0.2) is 0 Å². The summed E-state index contributed by atoms with van der Waals surface area (Å²) < 4.78 is 0. The van der Waals surface area contributed by atoms with Crippen molar-refractivity contribution in [2.45, 2.75) is 90.2 Å². The first-order valence-electron chi connectivity index (χ1n) is 7.07. The number of rotatable bonds is 10. The number of unbranched alkanes of at least 4 members (excludes halogenated alkanes) is 4. The molecule has 0 spiro atoms. The quantitative estimate of drug-likeness (QED) is 0.562. The summed E-state index contributed by atoms with van der Waals surface area (Å²) in [4.78, 5) is 0. The summed E-state index contributed by atoms with van der Waals surface area (Å²) in [7, 11) is 0. The normalized spacial score (nSPS) is 14.1. The third-order valence-corrected chi connectivity index (χ3v) is 3.54. The third kappa shape index (κ3) is 5.86. The minimum atomic E-state index is -0.334. The molecule has 1 atom stereocenters. The Morgan fingerprint density at radius 3 is 1.69 bits per heavy atom. The molecule has 98 valence electrons. The molecule has 2 nitrogen and oxygen atoms in total. The zero-order valence-corrected chi connectivity index (χ0v) is 11.5. The molecule has 0 aromatic carbocycles. The van der Waals surface area contributed by atoms with Gasteiger partial charge in [0.25, 0.3) is 0 Å². The molecule has 0 fully saturated rings. The Balaban J connectivity index is 4.13. The predicted octanol–water partition coefficient (Wildman–Crippen LogP) is 3.62. The first-order valence-corrected chi connectivity index (χ1v) is 7.07. The van der Waals surface area contributed by atoms with Crippen molar-refractivity contribution in [1.29, 1.82) is 0 Å². The fraction of sp³-hybridized carbons (Fsp3) is 1.00. The summed E-state index contributed by atoms with van der Waals surface area (Å²) in [5.41, 5.74) is 6.05. The highest BCUT2D eigenvalue weighted by Gasteiger charge is 2.31. The van der Waals surface area contributed by atoms with E-state index in [0.717, 1.165) is 32.1 Å². The lowest BCUT2D eigenvalue weighted by molar-refractivity contribution is 0.0657. The van der Waals surface area contributed by atoms with Gasteiger partial charge in [-0.1, -0.05) is 59.3 Å². The van der Waals surface area contributed by atoms with E-state index in [1.54, 1.807) is 0 Å². The van der Waals surface area contributed by atoms with E-state index in [4.69, 9.17) is 5.73 Å². The molecular weight excluding hydrogens is 198 g/mol. The maximum absolute atomic E-state index is 10.1. The fourth-order valence-corrected chi connectivity index (χ4v) is 2.27. The summed E-state index contributed by atoms with van der Waals surface area (Å²) in [6.07, 6.45) is 9.56. The van der Waals surface area contributed by atoms with E-state index in [1.807, 2.05) is 6.92 Å². The molecule has 16 heavy (non-hydrogen) atoms. The van der Waals surface area contributed by atoms with Gasteiger partial charge in [0, 0.05) is 5.54 Å². The third-order valence-electron chi connectivity index (χ3n) is 3.54. The molecule has 0 rings (SSSR count). The van der Waals surface area contributed by atoms with Crippen LogP contribution in [0.2, 0.25) is 0 Å². The predicted molar refractivity (Wildman–Crippen MR) is 71.5 cm³/mol. The Labute approximate surface area is 102 Å². The monoisotopic (exact) mass is 229 g/mol. The molecule has 0 aromatic rings. The lowest BCUT2D eigenvalue weighted by Crippen LogP contribution is -2.50. The van der Waals surface area contributed by atoms with Crippen LogP contribution in [0.25, 0.3) is 0 Å². The second-order valence-electron chi connectivity index (χ2n) is 5.07. The van der Waals surface area contributed by atoms with Crippen LogP contribution >= 0.6 is 0 Å². The number of aliphatic hydroxyl groups excluding tert-OH is 1. The van der Waals surface area contributed by atoms with Gasteiger partial charge < -0.3 is 10.8 Å². The molecule has 2 heteroatoms. The first-order chi connectivity index (χ1) is 7.60. The van der Waals surface area contributed by atoms with Crippen LogP contribution in [0, 0.1) is 0 Å². The Morgan fingerprint density at radius 2 is 1.38 bits per heavy atom. The van der Waals surface area contributed by atoms with Gasteiger partial charge in [-0.25, -0.2) is 0 Å². The number of nitrogens with two attached hydrogens (primary N) is 1. The maximum atomic E-state index is 10.1. The average Bonchev–Trinajstić information content (AvgIpc) is 2.28. The highest BCUT2D eigenvalue weighted by Crippen LogP contribution is 2.25. The largest absolute Gasteiger partial charge is 0.391 e. The van der Waals surface area contributed by atoms with Crippen molar-refractivity contribution in [3.63, 3.8) is 0 Å². The van der Waals surface area contributed by atoms with Crippen molar-refractivity contribution in [3.05, 3.63) is 0 Å². The van der Waals surface area contributed by atoms with Crippen LogP contribution in [0.4, 0.5) is 0 Å². The highest BCUT2D eigenvalue weighted by atomic mass is 16.3. The van der Waals surface area contributed by atoms with Gasteiger partial charge in [0.05, 0.1) is 6.10 Å². The van der Waals surface area contributed by atoms with Crippen LogP contribution in [0.3, 0.4) is 0 Å². The number of hydrogen-bond donors (Lipinski definition) is 2. The molecular formula is C14H31NO. The van der Waals surface area contributed by atoms with Crippen molar-refractivity contribution < 1.29 is 5.11 Å². The Hall–Kier alpha value is -0.0800. The van der Waals surface area contributed by atoms with Crippen LogP contribution in [-0.2, 0) is 0 Å². The molecule has 0 radical (unpaired) electrons. The zero-order chi connectivity index (χ0) is 12.4. The minimum Gasteiger partial charge on any atom is -0.391 e. The minimum absolute atomic E-state index is 0.332. The summed E-state index contributed by atoms with van der Waals surface area (Å²) >= 11 is 0. The smallest absolute Gasteiger partial charge is 0.0717 e. The SMILES string of the molecule is CCCCCC(N)(CCCCC)C(O)CC. The fourth-order valence-electron chi connectivity index (χ4n) is 2.27. The summed E-state index contributed by atoms with van der Waals surface area (Å²) in [6, 6.07) is 0. The van der Waals surface area contributed by atoms with Crippen LogP contribution in [0.5, 0.6) is 0 Å². The van der Waals surface area contributed by atoms with E-state index in [2.05, 4.69) is 13.8 Å². The van der Waals surface area contributed by atoms with Crippen molar-refractivity contribution in [1.82, 2.24) is 0 Å². The zero-order valence-electron chi connectivity index (χ0n) is 11.5. The van der Waals surface area contributed by atoms with Crippen molar-refractivity contribution in [2.24, 2.45) is 5.73 Å². The van der Waals surface area contributed by atoms with E-state index < -0.39 is 0 Å². The van der Waals surface area contributed by atoms with Crippen LogP contribution < -0.4 is 5.73 Å². The van der Waals surface area contributed by atoms with Gasteiger partial charge in [-0.3, -0.25) is 0 Å². The summed E-state index contributed by atoms with van der Waals surface area (Å²) in [5.74, 6) is 0. The average molecular weight is 229 g/mol. The summed E-state index contributed by atoms with van der Waals surface area (Å²) in [5, 5.41) is 10.1. The van der Waals surface area contributed by atoms with Crippen LogP contribution in [-0.4, -0.2) is 16.7 Å². The lowest BCUT2D eigenvalue weighted by Gasteiger charge is -2.34.